The first-order valence-electron chi connectivity index (χ1n) is 4.68. The average molecular weight is 290 g/mol. The van der Waals surface area contributed by atoms with Gasteiger partial charge in [-0.3, -0.25) is 0 Å². The van der Waals surface area contributed by atoms with Gasteiger partial charge in [0.25, 0.3) is 0 Å². The molecule has 0 N–H and O–H groups in total. The van der Waals surface area contributed by atoms with Gasteiger partial charge in [-0.05, 0) is 42.3 Å². The van der Waals surface area contributed by atoms with E-state index in [1.54, 1.807) is 18.2 Å². The first kappa shape index (κ1) is 12.4. The maximum atomic E-state index is 5.91. The van der Waals surface area contributed by atoms with Crippen molar-refractivity contribution >= 4 is 34.8 Å². The van der Waals surface area contributed by atoms with Crippen molar-refractivity contribution in [1.29, 1.82) is 0 Å². The Labute approximate surface area is 113 Å². The predicted molar refractivity (Wildman–Crippen MR) is 68.3 cm³/mol. The lowest BCUT2D eigenvalue weighted by atomic mass is 10.2. The van der Waals surface area contributed by atoms with Gasteiger partial charge in [-0.15, -0.1) is 0 Å². The lowest BCUT2D eigenvalue weighted by Gasteiger charge is -2.07. The topological polar surface area (TPSA) is 35.0 Å². The summed E-state index contributed by atoms with van der Waals surface area (Å²) in [5.41, 5.74) is 0.903. The van der Waals surface area contributed by atoms with Crippen LogP contribution in [0, 0.1) is 6.92 Å². The number of aryl methyl sites for hydroxylation is 1. The van der Waals surface area contributed by atoms with Crippen LogP contribution in [-0.4, -0.2) is 9.97 Å². The van der Waals surface area contributed by atoms with Crippen LogP contribution in [0.15, 0.2) is 24.4 Å². The first-order chi connectivity index (χ1) is 8.06. The molecule has 88 valence electrons. The summed E-state index contributed by atoms with van der Waals surface area (Å²) in [6, 6.07) is 5.25. The Morgan fingerprint density at radius 2 is 1.88 bits per heavy atom. The normalized spacial score (nSPS) is 10.4. The molecule has 17 heavy (non-hydrogen) atoms. The number of hydrogen-bond donors (Lipinski definition) is 0. The van der Waals surface area contributed by atoms with Crippen LogP contribution in [0.5, 0.6) is 11.6 Å². The fourth-order valence-electron chi connectivity index (χ4n) is 1.20. The van der Waals surface area contributed by atoms with Crippen LogP contribution in [0.2, 0.25) is 15.3 Å². The highest BCUT2D eigenvalue weighted by atomic mass is 35.5. The second-order valence-corrected chi connectivity index (χ2v) is 4.46. The number of halogens is 3. The molecule has 2 aromatic rings. The molecule has 0 aliphatic carbocycles. The SMILES string of the molecule is Cc1cc(Oc2nc(Cl)ncc2Cl)ccc1Cl. The summed E-state index contributed by atoms with van der Waals surface area (Å²) >= 11 is 17.5. The number of benzene rings is 1. The number of nitrogens with zero attached hydrogens (tertiary/aromatic N) is 2. The smallest absolute Gasteiger partial charge is 0.242 e. The minimum Gasteiger partial charge on any atom is -0.437 e. The molecule has 0 saturated carbocycles. The summed E-state index contributed by atoms with van der Waals surface area (Å²) < 4.78 is 5.50. The molecule has 0 aliphatic rings. The van der Waals surface area contributed by atoms with E-state index >= 15 is 0 Å². The second-order valence-electron chi connectivity index (χ2n) is 3.31. The molecule has 0 spiro atoms. The standard InChI is InChI=1S/C11H7Cl3N2O/c1-6-4-7(2-3-8(6)12)17-10-9(13)5-15-11(14)16-10/h2-5H,1H3. The van der Waals surface area contributed by atoms with Crippen molar-refractivity contribution in [2.45, 2.75) is 6.92 Å². The van der Waals surface area contributed by atoms with Crippen molar-refractivity contribution < 1.29 is 4.74 Å². The average Bonchev–Trinajstić information content (AvgIpc) is 2.29. The van der Waals surface area contributed by atoms with Crippen molar-refractivity contribution in [3.63, 3.8) is 0 Å². The quantitative estimate of drug-likeness (QED) is 0.761. The molecule has 0 unspecified atom stereocenters. The van der Waals surface area contributed by atoms with Crippen molar-refractivity contribution in [3.05, 3.63) is 45.3 Å². The van der Waals surface area contributed by atoms with E-state index in [1.165, 1.54) is 6.20 Å². The van der Waals surface area contributed by atoms with Gasteiger partial charge in [0.2, 0.25) is 11.2 Å². The highest BCUT2D eigenvalue weighted by Gasteiger charge is 2.07. The number of ether oxygens (including phenoxy) is 1. The zero-order valence-electron chi connectivity index (χ0n) is 8.75. The van der Waals surface area contributed by atoms with Crippen LogP contribution in [0.25, 0.3) is 0 Å². The molecular formula is C11H7Cl3N2O. The molecule has 0 amide bonds. The van der Waals surface area contributed by atoms with Crippen molar-refractivity contribution in [2.24, 2.45) is 0 Å². The van der Waals surface area contributed by atoms with E-state index < -0.39 is 0 Å². The van der Waals surface area contributed by atoms with Gasteiger partial charge in [0.1, 0.15) is 10.8 Å². The van der Waals surface area contributed by atoms with Crippen LogP contribution < -0.4 is 4.74 Å². The van der Waals surface area contributed by atoms with Gasteiger partial charge in [-0.25, -0.2) is 4.98 Å². The Morgan fingerprint density at radius 3 is 2.59 bits per heavy atom. The summed E-state index contributed by atoms with van der Waals surface area (Å²) in [6.45, 7) is 1.88. The zero-order chi connectivity index (χ0) is 12.4. The summed E-state index contributed by atoms with van der Waals surface area (Å²) in [7, 11) is 0. The van der Waals surface area contributed by atoms with Crippen LogP contribution >= 0.6 is 34.8 Å². The van der Waals surface area contributed by atoms with E-state index in [9.17, 15) is 0 Å². The lowest BCUT2D eigenvalue weighted by molar-refractivity contribution is 0.461. The molecule has 1 aromatic heterocycles. The highest BCUT2D eigenvalue weighted by molar-refractivity contribution is 6.32. The third kappa shape index (κ3) is 3.00. The number of hydrogen-bond acceptors (Lipinski definition) is 3. The summed E-state index contributed by atoms with van der Waals surface area (Å²) in [4.78, 5) is 7.62. The molecule has 0 fully saturated rings. The van der Waals surface area contributed by atoms with Crippen LogP contribution in [0.4, 0.5) is 0 Å². The van der Waals surface area contributed by atoms with E-state index in [0.29, 0.717) is 15.8 Å². The summed E-state index contributed by atoms with van der Waals surface area (Å²) in [5, 5.41) is 1.04. The highest BCUT2D eigenvalue weighted by Crippen LogP contribution is 2.29. The van der Waals surface area contributed by atoms with E-state index in [0.717, 1.165) is 5.56 Å². The Bertz CT molecular complexity index is 560. The summed E-state index contributed by atoms with van der Waals surface area (Å²) in [5.74, 6) is 0.803. The van der Waals surface area contributed by atoms with Gasteiger partial charge in [0.15, 0.2) is 0 Å². The second kappa shape index (κ2) is 5.08. The van der Waals surface area contributed by atoms with E-state index in [2.05, 4.69) is 9.97 Å². The van der Waals surface area contributed by atoms with Gasteiger partial charge in [-0.1, -0.05) is 23.2 Å². The van der Waals surface area contributed by atoms with Gasteiger partial charge in [-0.2, -0.15) is 4.98 Å². The Morgan fingerprint density at radius 1 is 1.12 bits per heavy atom. The molecular weight excluding hydrogens is 282 g/mol. The Balaban J connectivity index is 2.31. The maximum Gasteiger partial charge on any atom is 0.242 e. The largest absolute Gasteiger partial charge is 0.437 e. The Hall–Kier alpha value is -1.03. The van der Waals surface area contributed by atoms with E-state index in [1.807, 2.05) is 6.92 Å². The van der Waals surface area contributed by atoms with Gasteiger partial charge >= 0.3 is 0 Å². The Kier molecular flexibility index (Phi) is 3.72. The zero-order valence-corrected chi connectivity index (χ0v) is 11.0. The first-order valence-corrected chi connectivity index (χ1v) is 5.81. The van der Waals surface area contributed by atoms with E-state index in [4.69, 9.17) is 39.5 Å². The van der Waals surface area contributed by atoms with Crippen LogP contribution in [0.3, 0.4) is 0 Å². The van der Waals surface area contributed by atoms with Gasteiger partial charge in [0.05, 0.1) is 6.20 Å². The molecule has 6 heteroatoms. The van der Waals surface area contributed by atoms with Crippen LogP contribution in [0.1, 0.15) is 5.56 Å². The third-order valence-corrected chi connectivity index (χ3v) is 2.89. The molecule has 0 aliphatic heterocycles. The molecule has 0 radical (unpaired) electrons. The van der Waals surface area contributed by atoms with Crippen molar-refractivity contribution in [1.82, 2.24) is 9.97 Å². The third-order valence-electron chi connectivity index (χ3n) is 2.03. The fraction of sp³-hybridized carbons (Fsp3) is 0.0909. The molecule has 1 heterocycles. The predicted octanol–water partition coefficient (Wildman–Crippen LogP) is 4.54. The number of aromatic nitrogens is 2. The minimum atomic E-state index is 0.0788. The van der Waals surface area contributed by atoms with Crippen molar-refractivity contribution in [2.75, 3.05) is 0 Å². The lowest BCUT2D eigenvalue weighted by Crippen LogP contribution is -1.91. The maximum absolute atomic E-state index is 5.91. The van der Waals surface area contributed by atoms with Crippen LogP contribution in [-0.2, 0) is 0 Å². The monoisotopic (exact) mass is 288 g/mol. The minimum absolute atomic E-state index is 0.0788. The van der Waals surface area contributed by atoms with Crippen molar-refractivity contribution in [3.8, 4) is 11.6 Å². The molecule has 1 aromatic carbocycles. The van der Waals surface area contributed by atoms with E-state index in [-0.39, 0.29) is 11.2 Å². The molecule has 0 saturated heterocycles. The molecule has 2 rings (SSSR count). The van der Waals surface area contributed by atoms with Gasteiger partial charge in [0, 0.05) is 5.02 Å². The molecule has 0 atom stereocenters. The number of rotatable bonds is 2. The van der Waals surface area contributed by atoms with Gasteiger partial charge < -0.3 is 4.74 Å². The molecule has 3 nitrogen and oxygen atoms in total. The molecule has 0 bridgehead atoms. The fourth-order valence-corrected chi connectivity index (χ4v) is 1.57. The summed E-state index contributed by atoms with van der Waals surface area (Å²) in [6.07, 6.45) is 1.38.